The SMILES string of the molecule is CCCCN(Cc1ccccc1)c1nnc(-c2cc(C)c(OC)c(C)c2)s1. The van der Waals surface area contributed by atoms with Gasteiger partial charge in [0.25, 0.3) is 0 Å². The molecule has 0 atom stereocenters. The van der Waals surface area contributed by atoms with Crippen LogP contribution in [0.1, 0.15) is 36.5 Å². The fraction of sp³-hybridized carbons (Fsp3) is 0.364. The molecule has 0 N–H and O–H groups in total. The summed E-state index contributed by atoms with van der Waals surface area (Å²) in [7, 11) is 1.72. The Kier molecular flexibility index (Phi) is 6.45. The van der Waals surface area contributed by atoms with Crippen LogP contribution in [0.5, 0.6) is 5.75 Å². The van der Waals surface area contributed by atoms with Gasteiger partial charge in [0.2, 0.25) is 5.13 Å². The Morgan fingerprint density at radius 1 is 1.04 bits per heavy atom. The zero-order valence-corrected chi connectivity index (χ0v) is 17.3. The van der Waals surface area contributed by atoms with Crippen molar-refractivity contribution in [2.75, 3.05) is 18.6 Å². The van der Waals surface area contributed by atoms with Crippen LogP contribution >= 0.6 is 11.3 Å². The summed E-state index contributed by atoms with van der Waals surface area (Å²) in [6.07, 6.45) is 2.30. The number of methoxy groups -OCH3 is 1. The van der Waals surface area contributed by atoms with Crippen LogP contribution in [-0.2, 0) is 6.54 Å². The summed E-state index contributed by atoms with van der Waals surface area (Å²) in [6, 6.07) is 14.8. The molecule has 27 heavy (non-hydrogen) atoms. The topological polar surface area (TPSA) is 38.2 Å². The fourth-order valence-corrected chi connectivity index (χ4v) is 4.11. The monoisotopic (exact) mass is 381 g/mol. The Balaban J connectivity index is 1.87. The summed E-state index contributed by atoms with van der Waals surface area (Å²) < 4.78 is 5.48. The highest BCUT2D eigenvalue weighted by Crippen LogP contribution is 2.34. The Morgan fingerprint density at radius 2 is 1.74 bits per heavy atom. The van der Waals surface area contributed by atoms with Gasteiger partial charge in [0.05, 0.1) is 7.11 Å². The van der Waals surface area contributed by atoms with Crippen molar-refractivity contribution in [1.29, 1.82) is 0 Å². The van der Waals surface area contributed by atoms with Gasteiger partial charge in [-0.25, -0.2) is 0 Å². The predicted molar refractivity (Wildman–Crippen MR) is 114 cm³/mol. The number of aromatic nitrogens is 2. The number of ether oxygens (including phenoxy) is 1. The van der Waals surface area contributed by atoms with Crippen LogP contribution in [0.25, 0.3) is 10.6 Å². The quantitative estimate of drug-likeness (QED) is 0.506. The molecule has 0 saturated carbocycles. The van der Waals surface area contributed by atoms with Gasteiger partial charge in [0.15, 0.2) is 0 Å². The highest BCUT2D eigenvalue weighted by Gasteiger charge is 2.15. The number of benzene rings is 2. The van der Waals surface area contributed by atoms with E-state index in [4.69, 9.17) is 4.74 Å². The van der Waals surface area contributed by atoms with Crippen LogP contribution in [-0.4, -0.2) is 23.9 Å². The van der Waals surface area contributed by atoms with Crippen molar-refractivity contribution in [2.45, 2.75) is 40.2 Å². The minimum atomic E-state index is 0.857. The predicted octanol–water partition coefficient (Wildman–Crippen LogP) is 5.64. The molecule has 4 nitrogen and oxygen atoms in total. The third-order valence-electron chi connectivity index (χ3n) is 4.59. The average molecular weight is 382 g/mol. The van der Waals surface area contributed by atoms with Crippen molar-refractivity contribution < 1.29 is 4.74 Å². The Morgan fingerprint density at radius 3 is 2.37 bits per heavy atom. The molecule has 2 aromatic carbocycles. The van der Waals surface area contributed by atoms with Crippen LogP contribution < -0.4 is 9.64 Å². The van der Waals surface area contributed by atoms with Gasteiger partial charge < -0.3 is 9.64 Å². The normalized spacial score (nSPS) is 10.8. The molecule has 1 aromatic heterocycles. The number of hydrogen-bond donors (Lipinski definition) is 0. The lowest BCUT2D eigenvalue weighted by molar-refractivity contribution is 0.408. The average Bonchev–Trinajstić information content (AvgIpc) is 3.16. The summed E-state index contributed by atoms with van der Waals surface area (Å²) in [5.41, 5.74) is 4.64. The van der Waals surface area contributed by atoms with Crippen molar-refractivity contribution in [3.63, 3.8) is 0 Å². The van der Waals surface area contributed by atoms with Crippen LogP contribution in [0.4, 0.5) is 5.13 Å². The molecule has 0 aliphatic heterocycles. The molecule has 5 heteroatoms. The van der Waals surface area contributed by atoms with Crippen LogP contribution in [0, 0.1) is 13.8 Å². The highest BCUT2D eigenvalue weighted by atomic mass is 32.1. The van der Waals surface area contributed by atoms with Crippen LogP contribution in [0.15, 0.2) is 42.5 Å². The molecule has 0 unspecified atom stereocenters. The zero-order chi connectivity index (χ0) is 19.2. The van der Waals surface area contributed by atoms with Crippen molar-refractivity contribution in [3.05, 3.63) is 59.2 Å². The first-order valence-corrected chi connectivity index (χ1v) is 10.2. The van der Waals surface area contributed by atoms with Crippen molar-refractivity contribution in [3.8, 4) is 16.3 Å². The molecule has 0 aliphatic carbocycles. The molecule has 0 amide bonds. The van der Waals surface area contributed by atoms with E-state index in [9.17, 15) is 0 Å². The van der Waals surface area contributed by atoms with E-state index in [2.05, 4.69) is 78.3 Å². The van der Waals surface area contributed by atoms with Crippen LogP contribution in [0.2, 0.25) is 0 Å². The largest absolute Gasteiger partial charge is 0.496 e. The molecule has 142 valence electrons. The van der Waals surface area contributed by atoms with E-state index >= 15 is 0 Å². The number of nitrogens with zero attached hydrogens (tertiary/aromatic N) is 3. The van der Waals surface area contributed by atoms with Gasteiger partial charge in [-0.05, 0) is 49.1 Å². The fourth-order valence-electron chi connectivity index (χ4n) is 3.25. The van der Waals surface area contributed by atoms with Crippen molar-refractivity contribution in [2.24, 2.45) is 0 Å². The lowest BCUT2D eigenvalue weighted by Crippen LogP contribution is -2.23. The second-order valence-corrected chi connectivity index (χ2v) is 7.75. The maximum atomic E-state index is 5.48. The molecule has 0 aliphatic rings. The molecule has 0 radical (unpaired) electrons. The zero-order valence-electron chi connectivity index (χ0n) is 16.5. The second kappa shape index (κ2) is 9.00. The van der Waals surface area contributed by atoms with Gasteiger partial charge in [0.1, 0.15) is 10.8 Å². The summed E-state index contributed by atoms with van der Waals surface area (Å²) in [6.45, 7) is 8.20. The molecule has 0 fully saturated rings. The molecule has 0 spiro atoms. The number of hydrogen-bond acceptors (Lipinski definition) is 5. The maximum absolute atomic E-state index is 5.48. The standard InChI is InChI=1S/C22H27N3OS/c1-5-6-12-25(15-18-10-8-7-9-11-18)22-24-23-21(27-22)19-13-16(2)20(26-4)17(3)14-19/h7-11,13-14H,5-6,12,15H2,1-4H3. The Bertz CT molecular complexity index is 853. The van der Waals surface area contributed by atoms with Crippen LogP contribution in [0.3, 0.4) is 0 Å². The van der Waals surface area contributed by atoms with E-state index in [1.165, 1.54) is 5.56 Å². The van der Waals surface area contributed by atoms with E-state index in [1.807, 2.05) is 0 Å². The minimum absolute atomic E-state index is 0.857. The maximum Gasteiger partial charge on any atom is 0.208 e. The lowest BCUT2D eigenvalue weighted by Gasteiger charge is -2.21. The summed E-state index contributed by atoms with van der Waals surface area (Å²) in [5, 5.41) is 10.9. The molecule has 3 rings (SSSR count). The van der Waals surface area contributed by atoms with E-state index in [0.717, 1.165) is 58.5 Å². The first kappa shape index (κ1) is 19.4. The summed E-state index contributed by atoms with van der Waals surface area (Å²) >= 11 is 1.66. The van der Waals surface area contributed by atoms with Gasteiger partial charge in [-0.2, -0.15) is 0 Å². The highest BCUT2D eigenvalue weighted by molar-refractivity contribution is 7.18. The van der Waals surface area contributed by atoms with E-state index in [0.29, 0.717) is 0 Å². The third kappa shape index (κ3) is 4.66. The Labute approximate surface area is 165 Å². The van der Waals surface area contributed by atoms with Crippen molar-refractivity contribution >= 4 is 16.5 Å². The lowest BCUT2D eigenvalue weighted by atomic mass is 10.1. The molecule has 0 saturated heterocycles. The Hall–Kier alpha value is -2.40. The summed E-state index contributed by atoms with van der Waals surface area (Å²) in [4.78, 5) is 2.34. The number of anilines is 1. The molecular formula is C22H27N3OS. The first-order valence-electron chi connectivity index (χ1n) is 9.40. The van der Waals surface area contributed by atoms with E-state index < -0.39 is 0 Å². The summed E-state index contributed by atoms with van der Waals surface area (Å²) in [5.74, 6) is 0.942. The number of unbranched alkanes of at least 4 members (excludes halogenated alkanes) is 1. The minimum Gasteiger partial charge on any atom is -0.496 e. The molecule has 0 bridgehead atoms. The third-order valence-corrected chi connectivity index (χ3v) is 5.63. The van der Waals surface area contributed by atoms with Gasteiger partial charge >= 0.3 is 0 Å². The van der Waals surface area contributed by atoms with E-state index in [-0.39, 0.29) is 0 Å². The second-order valence-electron chi connectivity index (χ2n) is 6.79. The molecule has 3 aromatic rings. The smallest absolute Gasteiger partial charge is 0.208 e. The number of aryl methyl sites for hydroxylation is 2. The molecule has 1 heterocycles. The van der Waals surface area contributed by atoms with Gasteiger partial charge in [0, 0.05) is 18.7 Å². The van der Waals surface area contributed by atoms with Gasteiger partial charge in [-0.1, -0.05) is 55.0 Å². The van der Waals surface area contributed by atoms with Gasteiger partial charge in [-0.3, -0.25) is 0 Å². The molecular weight excluding hydrogens is 354 g/mol. The van der Waals surface area contributed by atoms with E-state index in [1.54, 1.807) is 18.4 Å². The first-order chi connectivity index (χ1) is 13.1. The number of rotatable bonds is 8. The van der Waals surface area contributed by atoms with Gasteiger partial charge in [-0.15, -0.1) is 10.2 Å². The van der Waals surface area contributed by atoms with Crippen molar-refractivity contribution in [1.82, 2.24) is 10.2 Å².